The van der Waals surface area contributed by atoms with Crippen molar-refractivity contribution in [3.63, 3.8) is 0 Å². The van der Waals surface area contributed by atoms with Crippen LogP contribution in [0.2, 0.25) is 5.15 Å². The average molecular weight is 397 g/mol. The zero-order valence-electron chi connectivity index (χ0n) is 15.6. The highest BCUT2D eigenvalue weighted by Gasteiger charge is 2.13. The predicted molar refractivity (Wildman–Crippen MR) is 107 cm³/mol. The number of imidazole rings is 1. The molecule has 0 fully saturated rings. The number of nitrogens with zero attached hydrogens (tertiary/aromatic N) is 5. The molecule has 0 aliphatic carbocycles. The molecule has 2 aromatic rings. The summed E-state index contributed by atoms with van der Waals surface area (Å²) in [5, 5.41) is 5.99. The highest BCUT2D eigenvalue weighted by Crippen LogP contribution is 2.11. The molecule has 2 aromatic heterocycles. The number of hydrogen-bond donors (Lipinski definition) is 1. The van der Waals surface area contributed by atoms with Gasteiger partial charge in [0.05, 0.1) is 12.7 Å². The first kappa shape index (κ1) is 20.3. The Morgan fingerprint density at radius 2 is 2.19 bits per heavy atom. The standard InChI is InChI=1S/C17H25ClN6OS/c1-22(2)16(25)11-21-17(19-8-7-13-6-5-9-26-13)23(3)12-15-20-10-14(18)24(15)4/h5-6,9-10H,7-8,11-12H2,1-4H3,(H,19,21). The van der Waals surface area contributed by atoms with E-state index in [1.54, 1.807) is 31.6 Å². The molecule has 0 saturated carbocycles. The summed E-state index contributed by atoms with van der Waals surface area (Å²) in [7, 11) is 7.23. The summed E-state index contributed by atoms with van der Waals surface area (Å²) >= 11 is 7.79. The Balaban J connectivity index is 2.03. The summed E-state index contributed by atoms with van der Waals surface area (Å²) < 4.78 is 1.83. The number of thiophene rings is 1. The molecule has 0 unspecified atom stereocenters. The molecule has 2 rings (SSSR count). The van der Waals surface area contributed by atoms with Crippen molar-refractivity contribution in [2.75, 3.05) is 34.2 Å². The van der Waals surface area contributed by atoms with E-state index in [-0.39, 0.29) is 12.5 Å². The van der Waals surface area contributed by atoms with E-state index in [1.165, 1.54) is 9.78 Å². The van der Waals surface area contributed by atoms with Gasteiger partial charge in [0.2, 0.25) is 5.91 Å². The van der Waals surface area contributed by atoms with Gasteiger partial charge in [-0.3, -0.25) is 4.79 Å². The fraction of sp³-hybridized carbons (Fsp3) is 0.471. The summed E-state index contributed by atoms with van der Waals surface area (Å²) in [6, 6.07) is 4.15. The van der Waals surface area contributed by atoms with Crippen molar-refractivity contribution >= 4 is 34.8 Å². The van der Waals surface area contributed by atoms with Gasteiger partial charge in [-0.25, -0.2) is 9.98 Å². The molecule has 0 aliphatic heterocycles. The molecule has 0 radical (unpaired) electrons. The van der Waals surface area contributed by atoms with Crippen molar-refractivity contribution in [3.05, 3.63) is 39.6 Å². The van der Waals surface area contributed by atoms with Crippen LogP contribution >= 0.6 is 22.9 Å². The molecular weight excluding hydrogens is 372 g/mol. The monoisotopic (exact) mass is 396 g/mol. The molecule has 2 heterocycles. The molecule has 1 N–H and O–H groups in total. The van der Waals surface area contributed by atoms with E-state index in [0.29, 0.717) is 17.7 Å². The lowest BCUT2D eigenvalue weighted by Crippen LogP contribution is -2.40. The molecule has 0 aromatic carbocycles. The molecule has 0 atom stereocenters. The second kappa shape index (κ2) is 9.59. The van der Waals surface area contributed by atoms with E-state index in [9.17, 15) is 4.79 Å². The topological polar surface area (TPSA) is 65.8 Å². The van der Waals surface area contributed by atoms with E-state index in [0.717, 1.165) is 18.8 Å². The highest BCUT2D eigenvalue weighted by atomic mass is 35.5. The van der Waals surface area contributed by atoms with Crippen LogP contribution in [0.1, 0.15) is 10.7 Å². The van der Waals surface area contributed by atoms with Crippen molar-refractivity contribution in [2.45, 2.75) is 13.0 Å². The van der Waals surface area contributed by atoms with E-state index in [2.05, 4.69) is 26.7 Å². The fourth-order valence-electron chi connectivity index (χ4n) is 2.21. The first-order chi connectivity index (χ1) is 12.4. The number of likely N-dealkylation sites (N-methyl/N-ethyl adjacent to an activating group) is 1. The Bertz CT molecular complexity index is 741. The van der Waals surface area contributed by atoms with Gasteiger partial charge in [-0.15, -0.1) is 11.3 Å². The Hall–Kier alpha value is -2.06. The number of hydrogen-bond acceptors (Lipinski definition) is 4. The Morgan fingerprint density at radius 3 is 2.77 bits per heavy atom. The van der Waals surface area contributed by atoms with Crippen LogP contribution in [-0.2, 0) is 24.8 Å². The minimum Gasteiger partial charge on any atom is -0.356 e. The molecule has 0 spiro atoms. The first-order valence-corrected chi connectivity index (χ1v) is 9.52. The van der Waals surface area contributed by atoms with Crippen LogP contribution in [0.5, 0.6) is 0 Å². The van der Waals surface area contributed by atoms with Gasteiger partial charge < -0.3 is 19.7 Å². The molecule has 0 bridgehead atoms. The minimum atomic E-state index is -0.0454. The zero-order valence-corrected chi connectivity index (χ0v) is 17.1. The van der Waals surface area contributed by atoms with Gasteiger partial charge in [0, 0.05) is 39.6 Å². The molecule has 1 amide bonds. The quantitative estimate of drug-likeness (QED) is 0.573. The lowest BCUT2D eigenvalue weighted by molar-refractivity contribution is -0.127. The van der Waals surface area contributed by atoms with Crippen LogP contribution in [0.3, 0.4) is 0 Å². The van der Waals surface area contributed by atoms with Gasteiger partial charge in [-0.2, -0.15) is 0 Å². The van der Waals surface area contributed by atoms with E-state index in [4.69, 9.17) is 11.6 Å². The van der Waals surface area contributed by atoms with E-state index in [1.807, 2.05) is 29.6 Å². The van der Waals surface area contributed by atoms with Crippen molar-refractivity contribution < 1.29 is 4.79 Å². The number of aliphatic imine (C=N–C) groups is 1. The Labute approximate surface area is 163 Å². The third-order valence-corrected chi connectivity index (χ3v) is 5.15. The van der Waals surface area contributed by atoms with Crippen LogP contribution in [0.25, 0.3) is 0 Å². The van der Waals surface area contributed by atoms with Crippen LogP contribution in [0.4, 0.5) is 0 Å². The summed E-state index contributed by atoms with van der Waals surface area (Å²) in [6.07, 6.45) is 2.53. The largest absolute Gasteiger partial charge is 0.356 e. The fourth-order valence-corrected chi connectivity index (χ4v) is 3.06. The molecule has 142 valence electrons. The number of guanidine groups is 1. The molecule has 7 nitrogen and oxygen atoms in total. The SMILES string of the molecule is CN(C)C(=O)CN=C(NCCc1cccs1)N(C)Cc1ncc(Cl)n1C. The van der Waals surface area contributed by atoms with Gasteiger partial charge in [-0.05, 0) is 17.9 Å². The third kappa shape index (κ3) is 5.74. The Morgan fingerprint density at radius 1 is 1.42 bits per heavy atom. The Kier molecular flexibility index (Phi) is 7.47. The van der Waals surface area contributed by atoms with Crippen molar-refractivity contribution in [1.82, 2.24) is 24.7 Å². The number of halogens is 1. The third-order valence-electron chi connectivity index (χ3n) is 3.87. The van der Waals surface area contributed by atoms with Crippen LogP contribution < -0.4 is 5.32 Å². The second-order valence-electron chi connectivity index (χ2n) is 6.10. The van der Waals surface area contributed by atoms with Crippen LogP contribution in [0, 0.1) is 0 Å². The lowest BCUT2D eigenvalue weighted by Gasteiger charge is -2.22. The number of rotatable bonds is 7. The minimum absolute atomic E-state index is 0.0454. The van der Waals surface area contributed by atoms with Gasteiger partial charge in [-0.1, -0.05) is 17.7 Å². The number of aromatic nitrogens is 2. The maximum atomic E-state index is 11.9. The van der Waals surface area contributed by atoms with Crippen LogP contribution in [0.15, 0.2) is 28.7 Å². The van der Waals surface area contributed by atoms with Crippen molar-refractivity contribution in [2.24, 2.45) is 12.0 Å². The normalized spacial score (nSPS) is 11.5. The number of nitrogens with one attached hydrogen (secondary N) is 1. The zero-order chi connectivity index (χ0) is 19.1. The predicted octanol–water partition coefficient (Wildman–Crippen LogP) is 1.84. The lowest BCUT2D eigenvalue weighted by atomic mass is 10.3. The molecule has 0 saturated heterocycles. The van der Waals surface area contributed by atoms with Gasteiger partial charge in [0.25, 0.3) is 0 Å². The van der Waals surface area contributed by atoms with Crippen molar-refractivity contribution in [3.8, 4) is 0 Å². The summed E-state index contributed by atoms with van der Waals surface area (Å²) in [5.41, 5.74) is 0. The summed E-state index contributed by atoms with van der Waals surface area (Å²) in [4.78, 5) is 25.5. The van der Waals surface area contributed by atoms with E-state index < -0.39 is 0 Å². The molecule has 0 aliphatic rings. The van der Waals surface area contributed by atoms with Gasteiger partial charge in [0.15, 0.2) is 5.96 Å². The van der Waals surface area contributed by atoms with Gasteiger partial charge in [0.1, 0.15) is 17.5 Å². The highest BCUT2D eigenvalue weighted by molar-refractivity contribution is 7.09. The number of carbonyl (C=O) groups excluding carboxylic acids is 1. The summed E-state index contributed by atoms with van der Waals surface area (Å²) in [5.74, 6) is 1.44. The molecule has 9 heteroatoms. The van der Waals surface area contributed by atoms with Gasteiger partial charge >= 0.3 is 0 Å². The maximum Gasteiger partial charge on any atom is 0.243 e. The van der Waals surface area contributed by atoms with Crippen molar-refractivity contribution in [1.29, 1.82) is 0 Å². The first-order valence-electron chi connectivity index (χ1n) is 8.26. The maximum absolute atomic E-state index is 11.9. The number of amides is 1. The smallest absolute Gasteiger partial charge is 0.243 e. The number of carbonyl (C=O) groups is 1. The molecular formula is C17H25ClN6OS. The van der Waals surface area contributed by atoms with Crippen LogP contribution in [-0.4, -0.2) is 65.5 Å². The second-order valence-corrected chi connectivity index (χ2v) is 7.52. The molecule has 26 heavy (non-hydrogen) atoms. The average Bonchev–Trinajstić information content (AvgIpc) is 3.22. The van der Waals surface area contributed by atoms with E-state index >= 15 is 0 Å². The summed E-state index contributed by atoms with van der Waals surface area (Å²) in [6.45, 7) is 1.37.